The second kappa shape index (κ2) is 10.3. The van der Waals surface area contributed by atoms with Crippen LogP contribution >= 0.6 is 11.8 Å². The Morgan fingerprint density at radius 1 is 0.970 bits per heavy atom. The fraction of sp³-hybridized carbons (Fsp3) is 0.227. The third-order valence-corrected chi connectivity index (χ3v) is 5.40. The molecule has 0 aliphatic heterocycles. The summed E-state index contributed by atoms with van der Waals surface area (Å²) in [4.78, 5) is 39.7. The maximum Gasteiger partial charge on any atom is 0.278 e. The van der Waals surface area contributed by atoms with Gasteiger partial charge in [0.05, 0.1) is 10.9 Å². The van der Waals surface area contributed by atoms with Crippen molar-refractivity contribution in [2.45, 2.75) is 31.2 Å². The van der Waals surface area contributed by atoms with Crippen LogP contribution in [-0.4, -0.2) is 32.2 Å². The molecule has 1 heterocycles. The number of nitrogens with zero attached hydrogens (tertiary/aromatic N) is 2. The van der Waals surface area contributed by atoms with E-state index in [9.17, 15) is 23.2 Å². The van der Waals surface area contributed by atoms with E-state index in [0.29, 0.717) is 17.3 Å². The number of rotatable bonds is 7. The summed E-state index contributed by atoms with van der Waals surface area (Å²) >= 11 is 0.918. The molecular formula is C22H21F2N5O3S. The lowest BCUT2D eigenvalue weighted by Gasteiger charge is -2.13. The Hall–Kier alpha value is -3.60. The van der Waals surface area contributed by atoms with Gasteiger partial charge in [-0.2, -0.15) is 0 Å². The highest BCUT2D eigenvalue weighted by molar-refractivity contribution is 8.00. The number of H-pyrrole nitrogens is 1. The van der Waals surface area contributed by atoms with Crippen LogP contribution in [0.2, 0.25) is 0 Å². The minimum absolute atomic E-state index is 0.00588. The van der Waals surface area contributed by atoms with E-state index in [1.807, 2.05) is 0 Å². The van der Waals surface area contributed by atoms with Crippen molar-refractivity contribution >= 4 is 35.0 Å². The lowest BCUT2D eigenvalue weighted by molar-refractivity contribution is -0.119. The maximum absolute atomic E-state index is 13.3. The Morgan fingerprint density at radius 3 is 2.27 bits per heavy atom. The lowest BCUT2D eigenvalue weighted by atomic mass is 10.1. The number of nitrogens with one attached hydrogen (secondary N) is 3. The Labute approximate surface area is 192 Å². The van der Waals surface area contributed by atoms with Gasteiger partial charge in [-0.25, -0.2) is 8.78 Å². The highest BCUT2D eigenvalue weighted by Crippen LogP contribution is 2.25. The number of halogens is 2. The minimum atomic E-state index is -0.818. The van der Waals surface area contributed by atoms with Gasteiger partial charge in [-0.1, -0.05) is 43.8 Å². The van der Waals surface area contributed by atoms with Crippen LogP contribution in [0.1, 0.15) is 20.8 Å². The first-order valence-corrected chi connectivity index (χ1v) is 10.8. The highest BCUT2D eigenvalue weighted by Gasteiger charge is 2.19. The van der Waals surface area contributed by atoms with Crippen LogP contribution in [0.15, 0.2) is 52.4 Å². The molecule has 1 atom stereocenters. The molecule has 0 aliphatic rings. The van der Waals surface area contributed by atoms with Crippen LogP contribution < -0.4 is 16.2 Å². The van der Waals surface area contributed by atoms with Gasteiger partial charge in [-0.15, -0.1) is 10.2 Å². The van der Waals surface area contributed by atoms with Gasteiger partial charge in [-0.3, -0.25) is 19.4 Å². The molecule has 1 unspecified atom stereocenters. The first-order valence-electron chi connectivity index (χ1n) is 9.95. The molecule has 3 rings (SSSR count). The summed E-state index contributed by atoms with van der Waals surface area (Å²) in [6.07, 6.45) is 0. The summed E-state index contributed by atoms with van der Waals surface area (Å²) < 4.78 is 26.6. The number of hydrogen-bond acceptors (Lipinski definition) is 6. The van der Waals surface area contributed by atoms with Crippen molar-refractivity contribution in [3.8, 4) is 11.3 Å². The molecule has 0 aliphatic carbocycles. The van der Waals surface area contributed by atoms with Crippen LogP contribution in [0.5, 0.6) is 0 Å². The quantitative estimate of drug-likeness (QED) is 0.449. The standard InChI is InChI=1S/C22H21F2N5O3S/c1-11(2)19(30)26-17-7-5-4-6-16(17)18-21(32)27-22(29-28-18)33-12(3)20(31)25-15-9-13(23)8-14(24)10-15/h4-12H,1-3H3,(H,25,31)(H,26,30)(H,27,29,32). The summed E-state index contributed by atoms with van der Waals surface area (Å²) in [6, 6.07) is 9.38. The molecule has 0 radical (unpaired) electrons. The third kappa shape index (κ3) is 6.22. The lowest BCUT2D eigenvalue weighted by Crippen LogP contribution is -2.24. The molecule has 33 heavy (non-hydrogen) atoms. The summed E-state index contributed by atoms with van der Waals surface area (Å²) in [5, 5.41) is 12.4. The van der Waals surface area contributed by atoms with E-state index < -0.39 is 28.4 Å². The second-order valence-corrected chi connectivity index (χ2v) is 8.73. The number of carbonyl (C=O) groups is 2. The fourth-order valence-corrected chi connectivity index (χ4v) is 3.46. The number of anilines is 2. The van der Waals surface area contributed by atoms with Gasteiger partial charge in [0.25, 0.3) is 5.56 Å². The third-order valence-electron chi connectivity index (χ3n) is 4.43. The zero-order chi connectivity index (χ0) is 24.1. The molecule has 0 saturated carbocycles. The molecule has 1 aromatic heterocycles. The molecule has 0 fully saturated rings. The van der Waals surface area contributed by atoms with E-state index in [-0.39, 0.29) is 28.4 Å². The summed E-state index contributed by atoms with van der Waals surface area (Å²) in [7, 11) is 0. The first-order chi connectivity index (χ1) is 15.6. The number of amides is 2. The molecule has 0 saturated heterocycles. The summed E-state index contributed by atoms with van der Waals surface area (Å²) in [6.45, 7) is 5.04. The van der Waals surface area contributed by atoms with Crippen molar-refractivity contribution in [2.75, 3.05) is 10.6 Å². The zero-order valence-corrected chi connectivity index (χ0v) is 18.8. The SMILES string of the molecule is CC(C)C(=O)Nc1ccccc1-c1nnc(SC(C)C(=O)Nc2cc(F)cc(F)c2)[nH]c1=O. The van der Waals surface area contributed by atoms with E-state index >= 15 is 0 Å². The van der Waals surface area contributed by atoms with Crippen LogP contribution in [0.25, 0.3) is 11.3 Å². The zero-order valence-electron chi connectivity index (χ0n) is 18.0. The fourth-order valence-electron chi connectivity index (χ4n) is 2.72. The number of aromatic amines is 1. The van der Waals surface area contributed by atoms with Gasteiger partial charge in [0.2, 0.25) is 11.8 Å². The van der Waals surface area contributed by atoms with Crippen molar-refractivity contribution in [3.05, 3.63) is 64.5 Å². The van der Waals surface area contributed by atoms with E-state index in [0.717, 1.165) is 23.9 Å². The van der Waals surface area contributed by atoms with Gasteiger partial charge < -0.3 is 10.6 Å². The maximum atomic E-state index is 13.3. The molecule has 0 spiro atoms. The van der Waals surface area contributed by atoms with Crippen LogP contribution in [0, 0.1) is 17.6 Å². The van der Waals surface area contributed by atoms with Crippen LogP contribution in [-0.2, 0) is 9.59 Å². The van der Waals surface area contributed by atoms with Gasteiger partial charge in [0, 0.05) is 23.2 Å². The van der Waals surface area contributed by atoms with Gasteiger partial charge in [-0.05, 0) is 25.1 Å². The van der Waals surface area contributed by atoms with Crippen molar-refractivity contribution in [2.24, 2.45) is 5.92 Å². The number of aromatic nitrogens is 3. The van der Waals surface area contributed by atoms with E-state index in [2.05, 4.69) is 25.8 Å². The van der Waals surface area contributed by atoms with Crippen molar-refractivity contribution in [1.29, 1.82) is 0 Å². The predicted molar refractivity (Wildman–Crippen MR) is 122 cm³/mol. The van der Waals surface area contributed by atoms with Crippen molar-refractivity contribution in [3.63, 3.8) is 0 Å². The van der Waals surface area contributed by atoms with Gasteiger partial charge >= 0.3 is 0 Å². The van der Waals surface area contributed by atoms with Crippen molar-refractivity contribution < 1.29 is 18.4 Å². The summed E-state index contributed by atoms with van der Waals surface area (Å²) in [5.41, 5.74) is 0.243. The number of thioether (sulfide) groups is 1. The Bertz CT molecular complexity index is 1230. The monoisotopic (exact) mass is 473 g/mol. The topological polar surface area (TPSA) is 117 Å². The molecular weight excluding hydrogens is 452 g/mol. The van der Waals surface area contributed by atoms with Crippen molar-refractivity contribution in [1.82, 2.24) is 15.2 Å². The molecule has 2 amide bonds. The number of carbonyl (C=O) groups excluding carboxylic acids is 2. The predicted octanol–water partition coefficient (Wildman–Crippen LogP) is 3.82. The molecule has 172 valence electrons. The second-order valence-electron chi connectivity index (χ2n) is 7.40. The number of benzene rings is 2. The number of hydrogen-bond donors (Lipinski definition) is 3. The molecule has 3 aromatic rings. The first kappa shape index (κ1) is 24.1. The molecule has 11 heteroatoms. The molecule has 8 nitrogen and oxygen atoms in total. The number of para-hydroxylation sites is 1. The minimum Gasteiger partial charge on any atom is -0.325 e. The molecule has 3 N–H and O–H groups in total. The average Bonchev–Trinajstić information content (AvgIpc) is 2.73. The van der Waals surface area contributed by atoms with Crippen LogP contribution in [0.3, 0.4) is 0 Å². The largest absolute Gasteiger partial charge is 0.325 e. The molecule has 2 aromatic carbocycles. The highest BCUT2D eigenvalue weighted by atomic mass is 32.2. The van der Waals surface area contributed by atoms with Crippen LogP contribution in [0.4, 0.5) is 20.2 Å². The Balaban J connectivity index is 1.75. The van der Waals surface area contributed by atoms with Gasteiger partial charge in [0.15, 0.2) is 10.9 Å². The van der Waals surface area contributed by atoms with Gasteiger partial charge in [0.1, 0.15) is 11.6 Å². The molecule has 0 bridgehead atoms. The Kier molecular flexibility index (Phi) is 7.54. The Morgan fingerprint density at radius 2 is 1.64 bits per heavy atom. The summed E-state index contributed by atoms with van der Waals surface area (Å²) in [5.74, 6) is -2.64. The van der Waals surface area contributed by atoms with E-state index in [1.165, 1.54) is 0 Å². The van der Waals surface area contributed by atoms with E-state index in [1.54, 1.807) is 45.0 Å². The smallest absolute Gasteiger partial charge is 0.278 e. The van der Waals surface area contributed by atoms with E-state index in [4.69, 9.17) is 0 Å². The average molecular weight is 474 g/mol. The normalized spacial score (nSPS) is 11.8.